The first-order valence-electron chi connectivity index (χ1n) is 8.22. The first-order valence-corrected chi connectivity index (χ1v) is 8.98. The largest absolute Gasteiger partial charge is 0.463 e. The minimum atomic E-state index is -0.619. The van der Waals surface area contributed by atoms with Gasteiger partial charge in [0, 0.05) is 18.8 Å². The van der Waals surface area contributed by atoms with Crippen LogP contribution < -0.4 is 5.32 Å². The smallest absolute Gasteiger partial charge is 0.323 e. The monoisotopic (exact) mass is 392 g/mol. The lowest BCUT2D eigenvalue weighted by atomic mass is 10.1. The maximum atomic E-state index is 12.4. The van der Waals surface area contributed by atoms with Gasteiger partial charge in [0.25, 0.3) is 0 Å². The fraction of sp³-hybridized carbons (Fsp3) is 0.263. The molecule has 1 N–H and O–H groups in total. The van der Waals surface area contributed by atoms with Crippen LogP contribution in [0.2, 0.25) is 10.0 Å². The van der Waals surface area contributed by atoms with Crippen molar-refractivity contribution in [1.82, 2.24) is 4.90 Å². The summed E-state index contributed by atoms with van der Waals surface area (Å²) in [5.41, 5.74) is 1.61. The van der Waals surface area contributed by atoms with Gasteiger partial charge in [-0.3, -0.25) is 14.5 Å². The molecule has 2 aromatic carbocycles. The van der Waals surface area contributed by atoms with Crippen LogP contribution in [0.1, 0.15) is 12.0 Å². The second-order valence-electron chi connectivity index (χ2n) is 6.02. The van der Waals surface area contributed by atoms with Crippen LogP contribution in [-0.4, -0.2) is 36.0 Å². The highest BCUT2D eigenvalue weighted by atomic mass is 35.5. The zero-order valence-corrected chi connectivity index (χ0v) is 15.5. The van der Waals surface area contributed by atoms with Crippen molar-refractivity contribution in [2.75, 3.05) is 18.5 Å². The Bertz CT molecular complexity index is 799. The number of carbonyl (C=O) groups is 2. The minimum absolute atomic E-state index is 0.00587. The molecule has 1 amide bonds. The lowest BCUT2D eigenvalue weighted by Crippen LogP contribution is -2.49. The Labute approximate surface area is 161 Å². The summed E-state index contributed by atoms with van der Waals surface area (Å²) >= 11 is 11.8. The number of esters is 1. The van der Waals surface area contributed by atoms with Gasteiger partial charge in [-0.25, -0.2) is 0 Å². The van der Waals surface area contributed by atoms with E-state index in [1.54, 1.807) is 18.2 Å². The summed E-state index contributed by atoms with van der Waals surface area (Å²) in [6.45, 7) is 1.50. The number of hydrogen-bond donors (Lipinski definition) is 1. The number of amides is 1. The van der Waals surface area contributed by atoms with Gasteiger partial charge in [0.05, 0.1) is 16.5 Å². The SMILES string of the molecule is O=C(C[C@@H]1C(=O)OCCN1Cc1ccccc1)Nc1ccc(Cl)c(Cl)c1. The van der Waals surface area contributed by atoms with Crippen molar-refractivity contribution < 1.29 is 14.3 Å². The predicted octanol–water partition coefficient (Wildman–Crippen LogP) is 3.75. The molecular weight excluding hydrogens is 375 g/mol. The molecule has 0 bridgehead atoms. The summed E-state index contributed by atoms with van der Waals surface area (Å²) in [7, 11) is 0. The van der Waals surface area contributed by atoms with Gasteiger partial charge in [-0.1, -0.05) is 53.5 Å². The molecule has 5 nitrogen and oxygen atoms in total. The Hall–Kier alpha value is -2.08. The number of nitrogens with one attached hydrogen (secondary N) is 1. The van der Waals surface area contributed by atoms with E-state index >= 15 is 0 Å². The molecule has 3 rings (SSSR count). The minimum Gasteiger partial charge on any atom is -0.463 e. The van der Waals surface area contributed by atoms with Gasteiger partial charge >= 0.3 is 5.97 Å². The summed E-state index contributed by atoms with van der Waals surface area (Å²) < 4.78 is 5.15. The molecule has 0 saturated carbocycles. The number of cyclic esters (lactones) is 1. The Morgan fingerprint density at radius 2 is 1.92 bits per heavy atom. The number of morpholine rings is 1. The molecule has 1 saturated heterocycles. The van der Waals surface area contributed by atoms with Crippen molar-refractivity contribution in [3.05, 3.63) is 64.1 Å². The molecule has 1 aliphatic rings. The lowest BCUT2D eigenvalue weighted by Gasteiger charge is -2.33. The number of benzene rings is 2. The van der Waals surface area contributed by atoms with Gasteiger partial charge in [0.2, 0.25) is 5.91 Å². The molecular formula is C19H18Cl2N2O3. The Morgan fingerprint density at radius 1 is 1.15 bits per heavy atom. The third kappa shape index (κ3) is 4.75. The molecule has 136 valence electrons. The second kappa shape index (κ2) is 8.54. The molecule has 1 aliphatic heterocycles. The molecule has 1 heterocycles. The standard InChI is InChI=1S/C19H18Cl2N2O3/c20-15-7-6-14(10-16(15)21)22-18(24)11-17-19(25)26-9-8-23(17)12-13-4-2-1-3-5-13/h1-7,10,17H,8-9,11-12H2,(H,22,24)/t17-/m1/s1. The van der Waals surface area contributed by atoms with E-state index in [2.05, 4.69) is 5.32 Å². The van der Waals surface area contributed by atoms with E-state index in [-0.39, 0.29) is 18.3 Å². The van der Waals surface area contributed by atoms with Gasteiger partial charge in [-0.2, -0.15) is 0 Å². The predicted molar refractivity (Wildman–Crippen MR) is 101 cm³/mol. The molecule has 2 aromatic rings. The summed E-state index contributed by atoms with van der Waals surface area (Å²) in [6, 6.07) is 14.0. The van der Waals surface area contributed by atoms with Crippen LogP contribution in [0.5, 0.6) is 0 Å². The van der Waals surface area contributed by atoms with E-state index in [0.29, 0.717) is 35.4 Å². The zero-order valence-electron chi connectivity index (χ0n) is 14.0. The average Bonchev–Trinajstić information content (AvgIpc) is 2.62. The molecule has 1 fully saturated rings. The molecule has 0 radical (unpaired) electrons. The topological polar surface area (TPSA) is 58.6 Å². The van der Waals surface area contributed by atoms with Crippen LogP contribution in [0, 0.1) is 0 Å². The fourth-order valence-corrected chi connectivity index (χ4v) is 3.14. The Kier molecular flexibility index (Phi) is 6.14. The maximum Gasteiger partial charge on any atom is 0.323 e. The van der Waals surface area contributed by atoms with E-state index in [1.807, 2.05) is 35.2 Å². The zero-order chi connectivity index (χ0) is 18.5. The highest BCUT2D eigenvalue weighted by Crippen LogP contribution is 2.25. The normalized spacial score (nSPS) is 17.6. The molecule has 26 heavy (non-hydrogen) atoms. The van der Waals surface area contributed by atoms with Crippen molar-refractivity contribution in [2.45, 2.75) is 19.0 Å². The van der Waals surface area contributed by atoms with Gasteiger partial charge < -0.3 is 10.1 Å². The summed E-state index contributed by atoms with van der Waals surface area (Å²) in [5.74, 6) is -0.665. The number of halogens is 2. The van der Waals surface area contributed by atoms with E-state index in [0.717, 1.165) is 5.56 Å². The third-order valence-corrected chi connectivity index (χ3v) is 4.89. The van der Waals surface area contributed by atoms with Crippen LogP contribution in [0.3, 0.4) is 0 Å². The van der Waals surface area contributed by atoms with E-state index in [9.17, 15) is 9.59 Å². The number of carbonyl (C=O) groups excluding carboxylic acids is 2. The van der Waals surface area contributed by atoms with Gasteiger partial charge in [0.1, 0.15) is 12.6 Å². The van der Waals surface area contributed by atoms with Crippen LogP contribution >= 0.6 is 23.2 Å². The molecule has 1 atom stereocenters. The Balaban J connectivity index is 1.66. The number of rotatable bonds is 5. The number of nitrogens with zero attached hydrogens (tertiary/aromatic N) is 1. The highest BCUT2D eigenvalue weighted by molar-refractivity contribution is 6.42. The van der Waals surface area contributed by atoms with E-state index in [4.69, 9.17) is 27.9 Å². The second-order valence-corrected chi connectivity index (χ2v) is 6.83. The van der Waals surface area contributed by atoms with Crippen molar-refractivity contribution in [3.63, 3.8) is 0 Å². The quantitative estimate of drug-likeness (QED) is 0.787. The first kappa shape index (κ1) is 18.7. The van der Waals surface area contributed by atoms with Crippen molar-refractivity contribution in [3.8, 4) is 0 Å². The van der Waals surface area contributed by atoms with Gasteiger partial charge in [0.15, 0.2) is 0 Å². The van der Waals surface area contributed by atoms with Gasteiger partial charge in [-0.15, -0.1) is 0 Å². The summed E-state index contributed by atoms with van der Waals surface area (Å²) in [4.78, 5) is 26.6. The van der Waals surface area contributed by atoms with Crippen LogP contribution in [0.25, 0.3) is 0 Å². The van der Waals surface area contributed by atoms with Crippen LogP contribution in [0.4, 0.5) is 5.69 Å². The Morgan fingerprint density at radius 3 is 2.65 bits per heavy atom. The number of hydrogen-bond acceptors (Lipinski definition) is 4. The van der Waals surface area contributed by atoms with Crippen LogP contribution in [-0.2, 0) is 20.9 Å². The van der Waals surface area contributed by atoms with Crippen molar-refractivity contribution in [1.29, 1.82) is 0 Å². The summed E-state index contributed by atoms with van der Waals surface area (Å²) in [5, 5.41) is 3.51. The van der Waals surface area contributed by atoms with Crippen molar-refractivity contribution in [2.24, 2.45) is 0 Å². The van der Waals surface area contributed by atoms with Crippen LogP contribution in [0.15, 0.2) is 48.5 Å². The molecule has 0 aliphatic carbocycles. The molecule has 0 aromatic heterocycles. The summed E-state index contributed by atoms with van der Waals surface area (Å²) in [6.07, 6.45) is 0.00587. The maximum absolute atomic E-state index is 12.4. The highest BCUT2D eigenvalue weighted by Gasteiger charge is 2.33. The molecule has 0 unspecified atom stereocenters. The first-order chi connectivity index (χ1) is 12.5. The fourth-order valence-electron chi connectivity index (χ4n) is 2.85. The molecule has 0 spiro atoms. The van der Waals surface area contributed by atoms with Crippen molar-refractivity contribution >= 4 is 40.8 Å². The molecule has 7 heteroatoms. The third-order valence-electron chi connectivity index (χ3n) is 4.15. The number of anilines is 1. The lowest BCUT2D eigenvalue weighted by molar-refractivity contribution is -0.159. The average molecular weight is 393 g/mol. The van der Waals surface area contributed by atoms with E-state index < -0.39 is 6.04 Å². The number of ether oxygens (including phenoxy) is 1. The van der Waals surface area contributed by atoms with E-state index in [1.165, 1.54) is 0 Å². The van der Waals surface area contributed by atoms with Gasteiger partial charge in [-0.05, 0) is 23.8 Å².